The maximum Gasteiger partial charge on any atom is 0.321 e. The number of thioether (sulfide) groups is 1. The van der Waals surface area contributed by atoms with E-state index in [9.17, 15) is 9.59 Å². The number of carbonyl (C=O) groups is 2. The van der Waals surface area contributed by atoms with Gasteiger partial charge in [-0.15, -0.1) is 16.8 Å². The third kappa shape index (κ3) is 6.73. The molecular formula is C22H31N5O2S. The maximum atomic E-state index is 12.1. The molecule has 0 unspecified atom stereocenters. The standard InChI is InChI=1S/C22H31N5O2S/c1-8-13-27-18(15-9-11-16(12-10-15)21(2,3)4)25-26-20(27)30-14-17(28)23-19(29)24-22(5,6)7/h8-12H,1,13-14H2,2-7H3,(H2,23,24,28,29). The van der Waals surface area contributed by atoms with Crippen LogP contribution < -0.4 is 10.6 Å². The van der Waals surface area contributed by atoms with Crippen molar-refractivity contribution in [2.75, 3.05) is 5.75 Å². The molecule has 0 spiro atoms. The van der Waals surface area contributed by atoms with E-state index < -0.39 is 17.5 Å². The van der Waals surface area contributed by atoms with Gasteiger partial charge in [-0.1, -0.05) is 62.9 Å². The van der Waals surface area contributed by atoms with Crippen LogP contribution in [0.3, 0.4) is 0 Å². The highest BCUT2D eigenvalue weighted by Gasteiger charge is 2.19. The van der Waals surface area contributed by atoms with Crippen molar-refractivity contribution in [2.45, 2.75) is 64.2 Å². The summed E-state index contributed by atoms with van der Waals surface area (Å²) in [7, 11) is 0. The molecule has 0 aliphatic carbocycles. The Morgan fingerprint density at radius 2 is 1.73 bits per heavy atom. The minimum atomic E-state index is -0.514. The fourth-order valence-corrected chi connectivity index (χ4v) is 3.43. The lowest BCUT2D eigenvalue weighted by Gasteiger charge is -2.20. The molecule has 0 radical (unpaired) electrons. The van der Waals surface area contributed by atoms with Crippen LogP contribution in [0.2, 0.25) is 0 Å². The molecule has 162 valence electrons. The van der Waals surface area contributed by atoms with Crippen LogP contribution >= 0.6 is 11.8 Å². The summed E-state index contributed by atoms with van der Waals surface area (Å²) in [6.45, 7) is 16.4. The number of hydrogen-bond acceptors (Lipinski definition) is 5. The number of amides is 3. The Morgan fingerprint density at radius 3 is 2.27 bits per heavy atom. The molecule has 30 heavy (non-hydrogen) atoms. The molecular weight excluding hydrogens is 398 g/mol. The van der Waals surface area contributed by atoms with Gasteiger partial charge in [-0.05, 0) is 31.7 Å². The van der Waals surface area contributed by atoms with Crippen molar-refractivity contribution < 1.29 is 9.59 Å². The van der Waals surface area contributed by atoms with Crippen molar-refractivity contribution in [2.24, 2.45) is 0 Å². The van der Waals surface area contributed by atoms with E-state index in [4.69, 9.17) is 0 Å². The molecule has 0 aliphatic rings. The molecule has 1 aromatic heterocycles. The fraction of sp³-hybridized carbons (Fsp3) is 0.455. The van der Waals surface area contributed by atoms with E-state index >= 15 is 0 Å². The van der Waals surface area contributed by atoms with Crippen molar-refractivity contribution in [3.8, 4) is 11.4 Å². The van der Waals surface area contributed by atoms with Gasteiger partial charge in [-0.2, -0.15) is 0 Å². The van der Waals surface area contributed by atoms with Gasteiger partial charge in [0.2, 0.25) is 5.91 Å². The zero-order chi connectivity index (χ0) is 22.5. The van der Waals surface area contributed by atoms with Gasteiger partial charge in [0.05, 0.1) is 5.75 Å². The molecule has 0 saturated carbocycles. The number of rotatable bonds is 6. The first-order valence-corrected chi connectivity index (χ1v) is 10.8. The molecule has 8 heteroatoms. The van der Waals surface area contributed by atoms with Crippen LogP contribution in [0, 0.1) is 0 Å². The molecule has 1 aromatic carbocycles. The topological polar surface area (TPSA) is 88.9 Å². The zero-order valence-corrected chi connectivity index (χ0v) is 19.4. The number of hydrogen-bond donors (Lipinski definition) is 2. The van der Waals surface area contributed by atoms with Gasteiger partial charge in [0.25, 0.3) is 0 Å². The Kier molecular flexibility index (Phi) is 7.47. The molecule has 0 aliphatic heterocycles. The van der Waals surface area contributed by atoms with Crippen LogP contribution in [0.5, 0.6) is 0 Å². The van der Waals surface area contributed by atoms with Gasteiger partial charge in [0.1, 0.15) is 0 Å². The molecule has 2 rings (SSSR count). The first kappa shape index (κ1) is 23.7. The largest absolute Gasteiger partial charge is 0.333 e. The minimum Gasteiger partial charge on any atom is -0.333 e. The van der Waals surface area contributed by atoms with Crippen molar-refractivity contribution in [3.63, 3.8) is 0 Å². The summed E-state index contributed by atoms with van der Waals surface area (Å²) < 4.78 is 1.91. The Hall–Kier alpha value is -2.61. The SMILES string of the molecule is C=CCn1c(SCC(=O)NC(=O)NC(C)(C)C)nnc1-c1ccc(C(C)(C)C)cc1. The molecule has 1 heterocycles. The van der Waals surface area contributed by atoms with Crippen LogP contribution in [-0.2, 0) is 16.8 Å². The third-order valence-corrected chi connectivity index (χ3v) is 5.08. The summed E-state index contributed by atoms with van der Waals surface area (Å²) >= 11 is 1.23. The lowest BCUT2D eigenvalue weighted by molar-refractivity contribution is -0.117. The predicted octanol–water partition coefficient (Wildman–Crippen LogP) is 4.15. The van der Waals surface area contributed by atoms with Crippen molar-refractivity contribution >= 4 is 23.7 Å². The number of carbonyl (C=O) groups excluding carboxylic acids is 2. The Morgan fingerprint density at radius 1 is 1.10 bits per heavy atom. The smallest absolute Gasteiger partial charge is 0.321 e. The van der Waals surface area contributed by atoms with Crippen LogP contribution in [0.4, 0.5) is 4.79 Å². The van der Waals surface area contributed by atoms with Gasteiger partial charge in [0.15, 0.2) is 11.0 Å². The molecule has 0 atom stereocenters. The van der Waals surface area contributed by atoms with E-state index in [0.717, 1.165) is 5.56 Å². The van der Waals surface area contributed by atoms with E-state index in [1.54, 1.807) is 6.08 Å². The first-order valence-electron chi connectivity index (χ1n) is 9.80. The van der Waals surface area contributed by atoms with E-state index in [2.05, 4.69) is 60.3 Å². The molecule has 0 saturated heterocycles. The van der Waals surface area contributed by atoms with Crippen LogP contribution in [0.1, 0.15) is 47.1 Å². The molecule has 0 bridgehead atoms. The monoisotopic (exact) mass is 429 g/mol. The number of allylic oxidation sites excluding steroid dienone is 1. The van der Waals surface area contributed by atoms with Gasteiger partial charge in [-0.25, -0.2) is 4.79 Å². The second kappa shape index (κ2) is 9.47. The summed E-state index contributed by atoms with van der Waals surface area (Å²) in [5.74, 6) is 0.366. The Labute approximate surface area is 182 Å². The van der Waals surface area contributed by atoms with Gasteiger partial charge < -0.3 is 5.32 Å². The second-order valence-corrected chi connectivity index (χ2v) is 10.0. The highest BCUT2D eigenvalue weighted by Crippen LogP contribution is 2.27. The highest BCUT2D eigenvalue weighted by molar-refractivity contribution is 7.99. The first-order chi connectivity index (χ1) is 13.9. The van der Waals surface area contributed by atoms with E-state index in [-0.39, 0.29) is 11.2 Å². The maximum absolute atomic E-state index is 12.1. The van der Waals surface area contributed by atoms with E-state index in [1.807, 2.05) is 37.5 Å². The fourth-order valence-electron chi connectivity index (χ4n) is 2.69. The number of imide groups is 1. The molecule has 2 N–H and O–H groups in total. The quantitative estimate of drug-likeness (QED) is 0.532. The van der Waals surface area contributed by atoms with Gasteiger partial charge in [-0.3, -0.25) is 14.7 Å². The van der Waals surface area contributed by atoms with Crippen LogP contribution in [-0.4, -0.2) is 38.0 Å². The number of benzene rings is 1. The predicted molar refractivity (Wildman–Crippen MR) is 122 cm³/mol. The number of nitrogens with one attached hydrogen (secondary N) is 2. The van der Waals surface area contributed by atoms with Crippen molar-refractivity contribution in [1.82, 2.24) is 25.4 Å². The normalized spacial score (nSPS) is 11.8. The summed E-state index contributed by atoms with van der Waals surface area (Å²) in [4.78, 5) is 24.0. The van der Waals surface area contributed by atoms with E-state index in [0.29, 0.717) is 17.5 Å². The highest BCUT2D eigenvalue weighted by atomic mass is 32.2. The summed E-state index contributed by atoms with van der Waals surface area (Å²) in [6.07, 6.45) is 1.76. The Bertz CT molecular complexity index is 905. The lowest BCUT2D eigenvalue weighted by Crippen LogP contribution is -2.48. The minimum absolute atomic E-state index is 0.0514. The Balaban J connectivity index is 2.11. The average molecular weight is 430 g/mol. The van der Waals surface area contributed by atoms with Crippen molar-refractivity contribution in [3.05, 3.63) is 42.5 Å². The molecule has 2 aromatic rings. The second-order valence-electron chi connectivity index (χ2n) is 9.07. The molecule has 7 nitrogen and oxygen atoms in total. The van der Waals surface area contributed by atoms with Crippen LogP contribution in [0.15, 0.2) is 42.1 Å². The number of nitrogens with zero attached hydrogens (tertiary/aromatic N) is 3. The lowest BCUT2D eigenvalue weighted by atomic mass is 9.87. The summed E-state index contributed by atoms with van der Waals surface area (Å²) in [5, 5.41) is 14.2. The van der Waals surface area contributed by atoms with Crippen molar-refractivity contribution in [1.29, 1.82) is 0 Å². The third-order valence-electron chi connectivity index (χ3n) is 4.11. The average Bonchev–Trinajstić information content (AvgIpc) is 3.00. The zero-order valence-electron chi connectivity index (χ0n) is 18.6. The molecule has 3 amide bonds. The number of urea groups is 1. The summed E-state index contributed by atoms with van der Waals surface area (Å²) in [6, 6.07) is 7.73. The summed E-state index contributed by atoms with van der Waals surface area (Å²) in [5.41, 5.74) is 1.83. The van der Waals surface area contributed by atoms with Gasteiger partial charge in [0, 0.05) is 17.6 Å². The van der Waals surface area contributed by atoms with E-state index in [1.165, 1.54) is 17.3 Å². The van der Waals surface area contributed by atoms with Gasteiger partial charge >= 0.3 is 6.03 Å². The molecule has 0 fully saturated rings. The number of aromatic nitrogens is 3. The van der Waals surface area contributed by atoms with Crippen LogP contribution in [0.25, 0.3) is 11.4 Å².